The predicted octanol–water partition coefficient (Wildman–Crippen LogP) is 3.91. The maximum atomic E-state index is 12.8. The van der Waals surface area contributed by atoms with Gasteiger partial charge in [-0.3, -0.25) is 0 Å². The molecule has 0 spiro atoms. The third-order valence-electron chi connectivity index (χ3n) is 4.85. The first kappa shape index (κ1) is 21.3. The van der Waals surface area contributed by atoms with Crippen LogP contribution in [0.15, 0.2) is 57.9 Å². The number of alkyl halides is 3. The van der Waals surface area contributed by atoms with E-state index in [-0.39, 0.29) is 23.4 Å². The number of benzene rings is 2. The van der Waals surface area contributed by atoms with Gasteiger partial charge in [0.1, 0.15) is 11.9 Å². The zero-order chi connectivity index (χ0) is 22.2. The molecule has 4 rings (SSSR count). The van der Waals surface area contributed by atoms with Gasteiger partial charge in [-0.05, 0) is 49.7 Å². The van der Waals surface area contributed by atoms with Crippen molar-refractivity contribution in [3.05, 3.63) is 60.0 Å². The van der Waals surface area contributed by atoms with E-state index in [1.807, 2.05) is 6.92 Å². The van der Waals surface area contributed by atoms with Crippen molar-refractivity contribution >= 4 is 10.0 Å². The Kier molecular flexibility index (Phi) is 5.48. The van der Waals surface area contributed by atoms with Crippen LogP contribution in [0.5, 0.6) is 5.75 Å². The summed E-state index contributed by atoms with van der Waals surface area (Å²) in [4.78, 5) is 3.58. The van der Waals surface area contributed by atoms with E-state index < -0.39 is 22.1 Å². The van der Waals surface area contributed by atoms with Crippen molar-refractivity contribution < 1.29 is 30.8 Å². The molecule has 1 saturated heterocycles. The topological polar surface area (TPSA) is 85.5 Å². The van der Waals surface area contributed by atoms with Crippen LogP contribution in [-0.4, -0.2) is 42.1 Å². The fraction of sp³-hybridized carbons (Fsp3) is 0.300. The molecular weight excluding hydrogens is 435 g/mol. The summed E-state index contributed by atoms with van der Waals surface area (Å²) in [6.07, 6.45) is -4.53. The lowest BCUT2D eigenvalue weighted by Crippen LogP contribution is -2.31. The van der Waals surface area contributed by atoms with E-state index in [9.17, 15) is 21.6 Å². The molecule has 1 aliphatic rings. The van der Waals surface area contributed by atoms with E-state index in [1.165, 1.54) is 16.4 Å². The van der Waals surface area contributed by atoms with Crippen molar-refractivity contribution in [1.29, 1.82) is 0 Å². The van der Waals surface area contributed by atoms with Crippen LogP contribution >= 0.6 is 0 Å². The maximum absolute atomic E-state index is 12.8. The van der Waals surface area contributed by atoms with Crippen LogP contribution < -0.4 is 4.74 Å². The van der Waals surface area contributed by atoms with Crippen LogP contribution in [0.2, 0.25) is 0 Å². The molecule has 0 aliphatic carbocycles. The number of aromatic nitrogens is 2. The van der Waals surface area contributed by atoms with Crippen LogP contribution in [0.25, 0.3) is 11.4 Å². The standard InChI is InChI=1S/C20H18F3N3O4S/c1-13-2-8-17(9-3-13)31(27,28)26-11-10-16(12-26)29-15-6-4-14(5-7-15)18-24-19(30-25-18)20(21,22)23/h2-9,16H,10-12H2,1H3/t16-/m0/s1. The first-order chi connectivity index (χ1) is 14.6. The molecule has 2 heterocycles. The lowest BCUT2D eigenvalue weighted by Gasteiger charge is -2.17. The Labute approximate surface area is 176 Å². The molecule has 0 bridgehead atoms. The maximum Gasteiger partial charge on any atom is 0.471 e. The van der Waals surface area contributed by atoms with Gasteiger partial charge in [-0.1, -0.05) is 22.9 Å². The van der Waals surface area contributed by atoms with Gasteiger partial charge in [0.15, 0.2) is 0 Å². The van der Waals surface area contributed by atoms with Gasteiger partial charge < -0.3 is 9.26 Å². The average molecular weight is 453 g/mol. The number of rotatable bonds is 5. The number of ether oxygens (including phenoxy) is 1. The second-order valence-electron chi connectivity index (χ2n) is 7.15. The summed E-state index contributed by atoms with van der Waals surface area (Å²) in [5.74, 6) is -1.14. The summed E-state index contributed by atoms with van der Waals surface area (Å²) in [6, 6.07) is 12.8. The summed E-state index contributed by atoms with van der Waals surface area (Å²) in [7, 11) is -3.60. The minimum absolute atomic E-state index is 0.185. The Morgan fingerprint density at radius 1 is 1.10 bits per heavy atom. The molecule has 0 unspecified atom stereocenters. The fourth-order valence-electron chi connectivity index (χ4n) is 3.20. The molecule has 1 aliphatic heterocycles. The van der Waals surface area contributed by atoms with Gasteiger partial charge in [-0.2, -0.15) is 22.5 Å². The molecule has 0 amide bonds. The van der Waals surface area contributed by atoms with E-state index in [1.54, 1.807) is 36.4 Å². The number of hydrogen-bond donors (Lipinski definition) is 0. The van der Waals surface area contributed by atoms with Gasteiger partial charge in [-0.25, -0.2) is 8.42 Å². The third kappa shape index (κ3) is 4.57. The highest BCUT2D eigenvalue weighted by Crippen LogP contribution is 2.30. The molecule has 31 heavy (non-hydrogen) atoms. The summed E-state index contributed by atoms with van der Waals surface area (Å²) in [5.41, 5.74) is 1.31. The monoisotopic (exact) mass is 453 g/mol. The minimum Gasteiger partial charge on any atom is -0.489 e. The normalized spacial score (nSPS) is 17.7. The summed E-state index contributed by atoms with van der Waals surface area (Å²) in [5, 5.41) is 3.34. The van der Waals surface area contributed by atoms with Gasteiger partial charge in [0.25, 0.3) is 0 Å². The highest BCUT2D eigenvalue weighted by molar-refractivity contribution is 7.89. The largest absolute Gasteiger partial charge is 0.489 e. The molecule has 2 aromatic carbocycles. The number of sulfonamides is 1. The minimum atomic E-state index is -4.71. The molecule has 11 heteroatoms. The summed E-state index contributed by atoms with van der Waals surface area (Å²) >= 11 is 0. The van der Waals surface area contributed by atoms with Crippen molar-refractivity contribution in [1.82, 2.24) is 14.4 Å². The number of nitrogens with zero attached hydrogens (tertiary/aromatic N) is 3. The highest BCUT2D eigenvalue weighted by atomic mass is 32.2. The smallest absolute Gasteiger partial charge is 0.471 e. The number of aryl methyl sites for hydroxylation is 1. The first-order valence-corrected chi connectivity index (χ1v) is 10.8. The van der Waals surface area contributed by atoms with Gasteiger partial charge in [0.05, 0.1) is 11.4 Å². The highest BCUT2D eigenvalue weighted by Gasteiger charge is 2.38. The Balaban J connectivity index is 1.40. The van der Waals surface area contributed by atoms with E-state index >= 15 is 0 Å². The van der Waals surface area contributed by atoms with Crippen LogP contribution in [0.1, 0.15) is 17.9 Å². The van der Waals surface area contributed by atoms with Crippen LogP contribution in [0.4, 0.5) is 13.2 Å². The van der Waals surface area contributed by atoms with E-state index in [4.69, 9.17) is 4.74 Å². The molecule has 0 saturated carbocycles. The molecule has 7 nitrogen and oxygen atoms in total. The second kappa shape index (κ2) is 7.97. The number of hydrogen-bond acceptors (Lipinski definition) is 6. The van der Waals surface area contributed by atoms with E-state index in [2.05, 4.69) is 14.7 Å². The molecule has 0 radical (unpaired) electrons. The lowest BCUT2D eigenvalue weighted by atomic mass is 10.2. The molecule has 0 N–H and O–H groups in total. The summed E-state index contributed by atoms with van der Waals surface area (Å²) in [6.45, 7) is 2.43. The second-order valence-corrected chi connectivity index (χ2v) is 9.09. The zero-order valence-corrected chi connectivity index (χ0v) is 17.2. The average Bonchev–Trinajstić information content (AvgIpc) is 3.39. The zero-order valence-electron chi connectivity index (χ0n) is 16.3. The van der Waals surface area contributed by atoms with Gasteiger partial charge in [-0.15, -0.1) is 0 Å². The quantitative estimate of drug-likeness (QED) is 0.583. The van der Waals surface area contributed by atoms with Crippen molar-refractivity contribution in [3.8, 4) is 17.1 Å². The third-order valence-corrected chi connectivity index (χ3v) is 6.73. The van der Waals surface area contributed by atoms with Gasteiger partial charge in [0.2, 0.25) is 15.8 Å². The van der Waals surface area contributed by atoms with Crippen molar-refractivity contribution in [2.24, 2.45) is 0 Å². The molecule has 1 aromatic heterocycles. The fourth-order valence-corrected chi connectivity index (χ4v) is 4.69. The Bertz CT molecular complexity index is 1160. The Hall–Kier alpha value is -2.92. The van der Waals surface area contributed by atoms with Crippen LogP contribution in [0.3, 0.4) is 0 Å². The Morgan fingerprint density at radius 3 is 2.39 bits per heavy atom. The Morgan fingerprint density at radius 2 is 1.77 bits per heavy atom. The first-order valence-electron chi connectivity index (χ1n) is 9.38. The molecule has 164 valence electrons. The van der Waals surface area contributed by atoms with Crippen molar-refractivity contribution in [3.63, 3.8) is 0 Å². The van der Waals surface area contributed by atoms with Crippen molar-refractivity contribution in [2.45, 2.75) is 30.5 Å². The van der Waals surface area contributed by atoms with E-state index in [0.29, 0.717) is 24.3 Å². The molecule has 1 fully saturated rings. The van der Waals surface area contributed by atoms with Crippen LogP contribution in [-0.2, 0) is 16.2 Å². The summed E-state index contributed by atoms with van der Waals surface area (Å²) < 4.78 is 74.8. The van der Waals surface area contributed by atoms with Crippen molar-refractivity contribution in [2.75, 3.05) is 13.1 Å². The lowest BCUT2D eigenvalue weighted by molar-refractivity contribution is -0.159. The molecule has 3 aromatic rings. The van der Waals surface area contributed by atoms with Gasteiger partial charge in [0, 0.05) is 12.1 Å². The molecule has 1 atom stereocenters. The number of halogens is 3. The van der Waals surface area contributed by atoms with E-state index in [0.717, 1.165) is 5.56 Å². The molecular formula is C20H18F3N3O4S. The van der Waals surface area contributed by atoms with Gasteiger partial charge >= 0.3 is 12.1 Å². The van der Waals surface area contributed by atoms with Crippen LogP contribution in [0, 0.1) is 6.92 Å². The SMILES string of the molecule is Cc1ccc(S(=O)(=O)N2CC[C@H](Oc3ccc(-c4noc(C(F)(F)F)n4)cc3)C2)cc1. The predicted molar refractivity (Wildman–Crippen MR) is 104 cm³/mol.